The Morgan fingerprint density at radius 3 is 2.78 bits per heavy atom. The standard InChI is InChI=1S/C15H22N2O/c1-10-6-4-5-7-13(10)12(3)17-15(18)14-11(2)8-9-16-14/h4-7,11-12,14,16H,8-9H2,1-3H3,(H,17,18)/t11?,12-,14?/m1/s1. The van der Waals surface area contributed by atoms with Crippen LogP contribution in [0.4, 0.5) is 0 Å². The minimum Gasteiger partial charge on any atom is -0.348 e. The summed E-state index contributed by atoms with van der Waals surface area (Å²) in [5.41, 5.74) is 2.41. The molecule has 1 aromatic carbocycles. The lowest BCUT2D eigenvalue weighted by Crippen LogP contribution is -2.44. The van der Waals surface area contributed by atoms with Crippen LogP contribution in [0.15, 0.2) is 24.3 Å². The summed E-state index contributed by atoms with van der Waals surface area (Å²) in [5, 5.41) is 6.37. The lowest BCUT2D eigenvalue weighted by atomic mass is 10.00. The molecular weight excluding hydrogens is 224 g/mol. The zero-order chi connectivity index (χ0) is 13.1. The van der Waals surface area contributed by atoms with Gasteiger partial charge in [0.15, 0.2) is 0 Å². The van der Waals surface area contributed by atoms with Gasteiger partial charge in [0.1, 0.15) is 0 Å². The van der Waals surface area contributed by atoms with Crippen molar-refractivity contribution >= 4 is 5.91 Å². The maximum Gasteiger partial charge on any atom is 0.237 e. The third-order valence-electron chi connectivity index (χ3n) is 3.83. The van der Waals surface area contributed by atoms with Gasteiger partial charge in [-0.15, -0.1) is 0 Å². The average molecular weight is 246 g/mol. The molecule has 2 rings (SSSR count). The van der Waals surface area contributed by atoms with E-state index in [1.54, 1.807) is 0 Å². The summed E-state index contributed by atoms with van der Waals surface area (Å²) in [6.45, 7) is 7.19. The second-order valence-electron chi connectivity index (χ2n) is 5.28. The van der Waals surface area contributed by atoms with E-state index in [0.29, 0.717) is 5.92 Å². The molecule has 0 aromatic heterocycles. The second-order valence-corrected chi connectivity index (χ2v) is 5.28. The van der Waals surface area contributed by atoms with Gasteiger partial charge in [0.2, 0.25) is 5.91 Å². The summed E-state index contributed by atoms with van der Waals surface area (Å²) < 4.78 is 0. The fraction of sp³-hybridized carbons (Fsp3) is 0.533. The van der Waals surface area contributed by atoms with Crippen LogP contribution in [0.2, 0.25) is 0 Å². The molecule has 0 saturated carbocycles. The largest absolute Gasteiger partial charge is 0.348 e. The number of rotatable bonds is 3. The highest BCUT2D eigenvalue weighted by Crippen LogP contribution is 2.19. The molecule has 3 nitrogen and oxygen atoms in total. The Bertz CT molecular complexity index is 430. The summed E-state index contributed by atoms with van der Waals surface area (Å²) in [7, 11) is 0. The molecule has 1 aliphatic rings. The number of hydrogen-bond acceptors (Lipinski definition) is 2. The van der Waals surface area contributed by atoms with Gasteiger partial charge in [-0.25, -0.2) is 0 Å². The topological polar surface area (TPSA) is 41.1 Å². The third-order valence-corrected chi connectivity index (χ3v) is 3.83. The van der Waals surface area contributed by atoms with Crippen molar-refractivity contribution in [1.82, 2.24) is 10.6 Å². The van der Waals surface area contributed by atoms with Gasteiger partial charge in [0, 0.05) is 0 Å². The monoisotopic (exact) mass is 246 g/mol. The van der Waals surface area contributed by atoms with Crippen molar-refractivity contribution in [1.29, 1.82) is 0 Å². The van der Waals surface area contributed by atoms with Crippen molar-refractivity contribution in [3.63, 3.8) is 0 Å². The van der Waals surface area contributed by atoms with Crippen LogP contribution in [-0.2, 0) is 4.79 Å². The van der Waals surface area contributed by atoms with Gasteiger partial charge >= 0.3 is 0 Å². The smallest absolute Gasteiger partial charge is 0.237 e. The van der Waals surface area contributed by atoms with Crippen LogP contribution in [-0.4, -0.2) is 18.5 Å². The Balaban J connectivity index is 2.01. The zero-order valence-electron chi connectivity index (χ0n) is 11.4. The van der Waals surface area contributed by atoms with E-state index in [-0.39, 0.29) is 18.0 Å². The van der Waals surface area contributed by atoms with Gasteiger partial charge in [0.05, 0.1) is 12.1 Å². The molecule has 1 aliphatic heterocycles. The zero-order valence-corrected chi connectivity index (χ0v) is 11.4. The molecule has 1 fully saturated rings. The Morgan fingerprint density at radius 2 is 2.17 bits per heavy atom. The normalized spacial score (nSPS) is 24.8. The lowest BCUT2D eigenvalue weighted by molar-refractivity contribution is -0.124. The molecule has 3 heteroatoms. The molecule has 0 aliphatic carbocycles. The van der Waals surface area contributed by atoms with E-state index in [1.165, 1.54) is 11.1 Å². The predicted molar refractivity (Wildman–Crippen MR) is 73.3 cm³/mol. The molecule has 0 radical (unpaired) electrons. The number of carbonyl (C=O) groups excluding carboxylic acids is 1. The van der Waals surface area contributed by atoms with E-state index in [9.17, 15) is 4.79 Å². The van der Waals surface area contributed by atoms with Gasteiger partial charge < -0.3 is 10.6 Å². The highest BCUT2D eigenvalue weighted by Gasteiger charge is 2.29. The number of benzene rings is 1. The van der Waals surface area contributed by atoms with Crippen LogP contribution in [0.5, 0.6) is 0 Å². The molecule has 0 spiro atoms. The first-order chi connectivity index (χ1) is 8.59. The van der Waals surface area contributed by atoms with Crippen molar-refractivity contribution < 1.29 is 4.79 Å². The van der Waals surface area contributed by atoms with E-state index in [4.69, 9.17) is 0 Å². The van der Waals surface area contributed by atoms with Crippen LogP contribution in [0.25, 0.3) is 0 Å². The molecule has 3 atom stereocenters. The summed E-state index contributed by atoms with van der Waals surface area (Å²) in [4.78, 5) is 12.2. The second kappa shape index (κ2) is 5.53. The van der Waals surface area contributed by atoms with Crippen molar-refractivity contribution in [3.8, 4) is 0 Å². The quantitative estimate of drug-likeness (QED) is 0.858. The maximum atomic E-state index is 12.2. The number of hydrogen-bond donors (Lipinski definition) is 2. The maximum absolute atomic E-state index is 12.2. The van der Waals surface area contributed by atoms with Gasteiger partial charge in [0.25, 0.3) is 0 Å². The summed E-state index contributed by atoms with van der Waals surface area (Å²) in [6, 6.07) is 8.22. The molecule has 98 valence electrons. The average Bonchev–Trinajstić information content (AvgIpc) is 2.76. The fourth-order valence-corrected chi connectivity index (χ4v) is 2.64. The predicted octanol–water partition coefficient (Wildman–Crippen LogP) is 2.17. The molecule has 2 unspecified atom stereocenters. The van der Waals surface area contributed by atoms with Crippen LogP contribution >= 0.6 is 0 Å². The molecule has 2 N–H and O–H groups in total. The molecular formula is C15H22N2O. The first-order valence-corrected chi connectivity index (χ1v) is 6.69. The first kappa shape index (κ1) is 13.1. The van der Waals surface area contributed by atoms with Crippen molar-refractivity contribution in [2.24, 2.45) is 5.92 Å². The first-order valence-electron chi connectivity index (χ1n) is 6.69. The third kappa shape index (κ3) is 2.72. The lowest BCUT2D eigenvalue weighted by Gasteiger charge is -2.21. The van der Waals surface area contributed by atoms with Crippen molar-refractivity contribution in [2.45, 2.75) is 39.3 Å². The molecule has 1 saturated heterocycles. The minimum absolute atomic E-state index is 0.0310. The molecule has 0 bridgehead atoms. The fourth-order valence-electron chi connectivity index (χ4n) is 2.64. The Kier molecular flexibility index (Phi) is 4.02. The highest BCUT2D eigenvalue weighted by molar-refractivity contribution is 5.82. The van der Waals surface area contributed by atoms with Gasteiger partial charge in [-0.05, 0) is 43.9 Å². The number of nitrogens with one attached hydrogen (secondary N) is 2. The van der Waals surface area contributed by atoms with Crippen LogP contribution < -0.4 is 10.6 Å². The SMILES string of the molecule is Cc1ccccc1[C@@H](C)NC(=O)C1NCCC1C. The minimum atomic E-state index is -0.0310. The van der Waals surface area contributed by atoms with E-state index in [1.807, 2.05) is 19.1 Å². The van der Waals surface area contributed by atoms with Crippen molar-refractivity contribution in [3.05, 3.63) is 35.4 Å². The van der Waals surface area contributed by atoms with E-state index in [2.05, 4.69) is 36.6 Å². The van der Waals surface area contributed by atoms with Crippen LogP contribution in [0.3, 0.4) is 0 Å². The van der Waals surface area contributed by atoms with E-state index >= 15 is 0 Å². The van der Waals surface area contributed by atoms with E-state index < -0.39 is 0 Å². The Hall–Kier alpha value is -1.35. The summed E-state index contributed by atoms with van der Waals surface area (Å²) in [6.07, 6.45) is 1.08. The van der Waals surface area contributed by atoms with E-state index in [0.717, 1.165) is 13.0 Å². The van der Waals surface area contributed by atoms with Crippen molar-refractivity contribution in [2.75, 3.05) is 6.54 Å². The van der Waals surface area contributed by atoms with Crippen LogP contribution in [0, 0.1) is 12.8 Å². The van der Waals surface area contributed by atoms with Gasteiger partial charge in [-0.3, -0.25) is 4.79 Å². The molecule has 1 aromatic rings. The number of carbonyl (C=O) groups is 1. The van der Waals surface area contributed by atoms with Crippen LogP contribution in [0.1, 0.15) is 37.4 Å². The van der Waals surface area contributed by atoms with Gasteiger partial charge in [-0.1, -0.05) is 31.2 Å². The highest BCUT2D eigenvalue weighted by atomic mass is 16.2. The van der Waals surface area contributed by atoms with Gasteiger partial charge in [-0.2, -0.15) is 0 Å². The summed E-state index contributed by atoms with van der Waals surface area (Å²) in [5.74, 6) is 0.546. The summed E-state index contributed by atoms with van der Waals surface area (Å²) >= 11 is 0. The Labute approximate surface area is 109 Å². The molecule has 1 amide bonds. The molecule has 1 heterocycles. The molecule has 18 heavy (non-hydrogen) atoms. The number of amides is 1. The Morgan fingerprint density at radius 1 is 1.44 bits per heavy atom. The number of aryl methyl sites for hydroxylation is 1.